The first-order valence-corrected chi connectivity index (χ1v) is 11.5. The molecule has 0 spiro atoms. The van der Waals surface area contributed by atoms with Gasteiger partial charge in [-0.25, -0.2) is 23.1 Å². The van der Waals surface area contributed by atoms with Gasteiger partial charge >= 0.3 is 0 Å². The average molecular weight is 447 g/mol. The molecule has 1 heterocycles. The molecule has 0 atom stereocenters. The summed E-state index contributed by atoms with van der Waals surface area (Å²) >= 11 is 0. The van der Waals surface area contributed by atoms with Crippen molar-refractivity contribution in [1.29, 1.82) is 0 Å². The van der Waals surface area contributed by atoms with Crippen LogP contribution in [0.25, 0.3) is 22.4 Å². The number of anilines is 2. The Bertz CT molecular complexity index is 1360. The highest BCUT2D eigenvalue weighted by Crippen LogP contribution is 2.38. The number of nitrogen functional groups attached to an aromatic ring is 1. The molecular formula is C24H22N4O3S. The molecule has 0 aliphatic heterocycles. The smallest absolute Gasteiger partial charge is 0.264 e. The predicted molar refractivity (Wildman–Crippen MR) is 126 cm³/mol. The second-order valence-corrected chi connectivity index (χ2v) is 8.81. The summed E-state index contributed by atoms with van der Waals surface area (Å²) < 4.78 is 28.3. The van der Waals surface area contributed by atoms with Crippen molar-refractivity contribution >= 4 is 21.7 Å². The summed E-state index contributed by atoms with van der Waals surface area (Å²) in [4.78, 5) is 9.10. The van der Waals surface area contributed by atoms with Gasteiger partial charge in [-0.2, -0.15) is 0 Å². The average Bonchev–Trinajstić information content (AvgIpc) is 2.79. The fourth-order valence-electron chi connectivity index (χ4n) is 3.41. The number of aromatic hydroxyl groups is 1. The van der Waals surface area contributed by atoms with Crippen molar-refractivity contribution in [2.75, 3.05) is 10.5 Å². The summed E-state index contributed by atoms with van der Waals surface area (Å²) in [5.74, 6) is 0.0508. The maximum absolute atomic E-state index is 12.9. The summed E-state index contributed by atoms with van der Waals surface area (Å²) in [5.41, 5.74) is 9.28. The van der Waals surface area contributed by atoms with Gasteiger partial charge in [0.05, 0.1) is 16.3 Å². The molecule has 3 aromatic carbocycles. The second kappa shape index (κ2) is 8.68. The number of phenols is 1. The number of aryl methyl sites for hydroxylation is 1. The Morgan fingerprint density at radius 1 is 0.906 bits per heavy atom. The van der Waals surface area contributed by atoms with E-state index in [1.165, 1.54) is 24.3 Å². The number of benzene rings is 3. The Balaban J connectivity index is 1.89. The van der Waals surface area contributed by atoms with E-state index in [4.69, 9.17) is 5.73 Å². The van der Waals surface area contributed by atoms with Crippen molar-refractivity contribution in [3.05, 3.63) is 84.6 Å². The molecule has 0 amide bonds. The topological polar surface area (TPSA) is 118 Å². The number of hydrogen-bond donors (Lipinski definition) is 3. The molecule has 1 aromatic heterocycles. The maximum Gasteiger partial charge on any atom is 0.264 e. The number of rotatable bonds is 6. The summed E-state index contributed by atoms with van der Waals surface area (Å²) in [6.07, 6.45) is 0.503. The third kappa shape index (κ3) is 4.26. The number of hydrogen-bond acceptors (Lipinski definition) is 6. The minimum absolute atomic E-state index is 0.0447. The molecule has 32 heavy (non-hydrogen) atoms. The molecule has 4 rings (SSSR count). The SMILES string of the molecule is CCc1nc(NS(=O)(=O)c2ccc(N)cc2)nc(-c2ccccc2)c1-c1ccccc1O. The Morgan fingerprint density at radius 2 is 1.56 bits per heavy atom. The lowest BCUT2D eigenvalue weighted by molar-refractivity contribution is 0.477. The molecule has 0 aliphatic carbocycles. The summed E-state index contributed by atoms with van der Waals surface area (Å²) in [6.45, 7) is 1.92. The molecule has 0 unspecified atom stereocenters. The van der Waals surface area contributed by atoms with Crippen LogP contribution in [0.3, 0.4) is 0 Å². The van der Waals surface area contributed by atoms with Crippen molar-refractivity contribution in [1.82, 2.24) is 9.97 Å². The van der Waals surface area contributed by atoms with Crippen LogP contribution in [0.4, 0.5) is 11.6 Å². The molecule has 0 bridgehead atoms. The molecule has 0 aliphatic rings. The Kier molecular flexibility index (Phi) is 5.79. The standard InChI is InChI=1S/C24H22N4O3S/c1-2-20-22(19-10-6-7-11-21(19)29)23(16-8-4-3-5-9-16)27-24(26-20)28-32(30,31)18-14-12-17(25)13-15-18/h3-15,29H,2,25H2,1H3,(H,26,27,28). The fraction of sp³-hybridized carbons (Fsp3) is 0.0833. The van der Waals surface area contributed by atoms with Crippen molar-refractivity contribution in [3.8, 4) is 28.1 Å². The maximum atomic E-state index is 12.9. The number of nitrogens with zero attached hydrogens (tertiary/aromatic N) is 2. The van der Waals surface area contributed by atoms with Crippen LogP contribution in [0, 0.1) is 0 Å². The number of phenolic OH excluding ortho intramolecular Hbond substituents is 1. The summed E-state index contributed by atoms with van der Waals surface area (Å²) in [7, 11) is -3.92. The van der Waals surface area contributed by atoms with Crippen LogP contribution in [0.15, 0.2) is 83.8 Å². The predicted octanol–water partition coefficient (Wildman–Crippen LogP) is 4.46. The van der Waals surface area contributed by atoms with Gasteiger partial charge in [0.15, 0.2) is 0 Å². The van der Waals surface area contributed by atoms with Crippen LogP contribution in [-0.4, -0.2) is 23.5 Å². The zero-order chi connectivity index (χ0) is 22.7. The quantitative estimate of drug-likeness (QED) is 0.376. The lowest BCUT2D eigenvalue weighted by Gasteiger charge is -2.17. The van der Waals surface area contributed by atoms with Gasteiger partial charge in [0.2, 0.25) is 5.95 Å². The van der Waals surface area contributed by atoms with E-state index in [-0.39, 0.29) is 16.6 Å². The largest absolute Gasteiger partial charge is 0.507 e. The van der Waals surface area contributed by atoms with Gasteiger partial charge in [-0.1, -0.05) is 55.5 Å². The van der Waals surface area contributed by atoms with Gasteiger partial charge in [-0.05, 0) is 36.8 Å². The highest BCUT2D eigenvalue weighted by Gasteiger charge is 2.22. The third-order valence-electron chi connectivity index (χ3n) is 4.96. The zero-order valence-electron chi connectivity index (χ0n) is 17.4. The van der Waals surface area contributed by atoms with E-state index in [0.717, 1.165) is 5.56 Å². The number of nitrogens with one attached hydrogen (secondary N) is 1. The van der Waals surface area contributed by atoms with Gasteiger partial charge in [-0.3, -0.25) is 0 Å². The molecule has 7 nitrogen and oxygen atoms in total. The molecule has 162 valence electrons. The highest BCUT2D eigenvalue weighted by atomic mass is 32.2. The van der Waals surface area contributed by atoms with Gasteiger partial charge in [-0.15, -0.1) is 0 Å². The number of aromatic nitrogens is 2. The lowest BCUT2D eigenvalue weighted by Crippen LogP contribution is -2.16. The zero-order valence-corrected chi connectivity index (χ0v) is 18.2. The number of nitrogens with two attached hydrogens (primary N) is 1. The molecule has 8 heteroatoms. The second-order valence-electron chi connectivity index (χ2n) is 7.13. The molecular weight excluding hydrogens is 424 g/mol. The third-order valence-corrected chi connectivity index (χ3v) is 6.30. The van der Waals surface area contributed by atoms with Crippen molar-refractivity contribution in [2.45, 2.75) is 18.2 Å². The van der Waals surface area contributed by atoms with E-state index < -0.39 is 10.0 Å². The van der Waals surface area contributed by atoms with E-state index in [1.807, 2.05) is 43.3 Å². The molecule has 4 N–H and O–H groups in total. The van der Waals surface area contributed by atoms with Crippen LogP contribution in [0.1, 0.15) is 12.6 Å². The van der Waals surface area contributed by atoms with Crippen LogP contribution in [-0.2, 0) is 16.4 Å². The van der Waals surface area contributed by atoms with Gasteiger partial charge in [0, 0.05) is 22.4 Å². The van der Waals surface area contributed by atoms with E-state index in [0.29, 0.717) is 34.6 Å². The Labute approximate surface area is 186 Å². The molecule has 4 aromatic rings. The van der Waals surface area contributed by atoms with Crippen molar-refractivity contribution in [2.24, 2.45) is 0 Å². The van der Waals surface area contributed by atoms with Crippen LogP contribution in [0.2, 0.25) is 0 Å². The molecule has 0 saturated carbocycles. The van der Waals surface area contributed by atoms with E-state index in [2.05, 4.69) is 14.7 Å². The monoisotopic (exact) mass is 446 g/mol. The van der Waals surface area contributed by atoms with E-state index >= 15 is 0 Å². The first kappa shape index (κ1) is 21.3. The first-order chi connectivity index (χ1) is 15.4. The normalized spacial score (nSPS) is 11.3. The van der Waals surface area contributed by atoms with E-state index in [1.54, 1.807) is 18.2 Å². The number of para-hydroxylation sites is 1. The molecule has 0 fully saturated rings. The summed E-state index contributed by atoms with van der Waals surface area (Å²) in [6, 6.07) is 22.2. The minimum Gasteiger partial charge on any atom is -0.507 e. The minimum atomic E-state index is -3.92. The number of sulfonamides is 1. The highest BCUT2D eigenvalue weighted by molar-refractivity contribution is 7.92. The van der Waals surface area contributed by atoms with Crippen LogP contribution in [0.5, 0.6) is 5.75 Å². The van der Waals surface area contributed by atoms with Gasteiger partial charge in [0.1, 0.15) is 5.75 Å². The van der Waals surface area contributed by atoms with Crippen LogP contribution >= 0.6 is 0 Å². The van der Waals surface area contributed by atoms with Gasteiger partial charge in [0.25, 0.3) is 10.0 Å². The fourth-order valence-corrected chi connectivity index (χ4v) is 4.35. The van der Waals surface area contributed by atoms with E-state index in [9.17, 15) is 13.5 Å². The van der Waals surface area contributed by atoms with Crippen molar-refractivity contribution in [3.63, 3.8) is 0 Å². The van der Waals surface area contributed by atoms with Gasteiger partial charge < -0.3 is 10.8 Å². The molecule has 0 radical (unpaired) electrons. The Hall–Kier alpha value is -3.91. The van der Waals surface area contributed by atoms with Crippen LogP contribution < -0.4 is 10.5 Å². The lowest BCUT2D eigenvalue weighted by atomic mass is 9.96. The first-order valence-electron chi connectivity index (χ1n) is 10.0. The Morgan fingerprint density at radius 3 is 2.22 bits per heavy atom. The molecule has 0 saturated heterocycles. The van der Waals surface area contributed by atoms with Crippen molar-refractivity contribution < 1.29 is 13.5 Å². The summed E-state index contributed by atoms with van der Waals surface area (Å²) in [5, 5.41) is 10.5.